The average Bonchev–Trinajstić information content (AvgIpc) is 2.86. The van der Waals surface area contributed by atoms with Gasteiger partial charge in [-0.05, 0) is 20.3 Å². The Balaban J connectivity index is 2.37. The second kappa shape index (κ2) is 4.67. The molecular weight excluding hydrogens is 220 g/mol. The standard InChI is InChI=1S/C11H16N4O2/c1-4-9(16)5-15-11(12-6-13-15)10-7(2)14-17-8(10)3/h6,9,16H,4-5H2,1-3H3. The molecule has 0 saturated carbocycles. The minimum Gasteiger partial charge on any atom is -0.391 e. The van der Waals surface area contributed by atoms with Crippen LogP contribution in [-0.2, 0) is 6.54 Å². The predicted molar refractivity (Wildman–Crippen MR) is 61.3 cm³/mol. The van der Waals surface area contributed by atoms with Crippen LogP contribution in [0.5, 0.6) is 0 Å². The maximum atomic E-state index is 9.66. The van der Waals surface area contributed by atoms with E-state index >= 15 is 0 Å². The Bertz CT molecular complexity index is 484. The lowest BCUT2D eigenvalue weighted by atomic mass is 10.2. The first-order valence-electron chi connectivity index (χ1n) is 5.62. The van der Waals surface area contributed by atoms with Crippen LogP contribution in [0.15, 0.2) is 10.9 Å². The van der Waals surface area contributed by atoms with E-state index in [2.05, 4.69) is 15.2 Å². The number of aromatic nitrogens is 4. The van der Waals surface area contributed by atoms with E-state index in [4.69, 9.17) is 4.52 Å². The molecule has 2 aromatic rings. The maximum Gasteiger partial charge on any atom is 0.163 e. The van der Waals surface area contributed by atoms with Crippen molar-refractivity contribution in [1.82, 2.24) is 19.9 Å². The Morgan fingerprint density at radius 1 is 1.47 bits per heavy atom. The fourth-order valence-corrected chi connectivity index (χ4v) is 1.72. The molecular formula is C11H16N4O2. The molecule has 2 heterocycles. The van der Waals surface area contributed by atoms with E-state index < -0.39 is 6.10 Å². The molecule has 0 spiro atoms. The van der Waals surface area contributed by atoms with Crippen molar-refractivity contribution >= 4 is 0 Å². The summed E-state index contributed by atoms with van der Waals surface area (Å²) in [5.74, 6) is 1.40. The molecule has 6 heteroatoms. The summed E-state index contributed by atoms with van der Waals surface area (Å²) >= 11 is 0. The Morgan fingerprint density at radius 3 is 2.82 bits per heavy atom. The second-order valence-electron chi connectivity index (χ2n) is 4.03. The van der Waals surface area contributed by atoms with Crippen LogP contribution in [-0.4, -0.2) is 31.1 Å². The number of aliphatic hydroxyl groups is 1. The Labute approximate surface area is 99.3 Å². The number of nitrogens with zero attached hydrogens (tertiary/aromatic N) is 4. The highest BCUT2D eigenvalue weighted by atomic mass is 16.5. The molecule has 0 aromatic carbocycles. The van der Waals surface area contributed by atoms with Gasteiger partial charge >= 0.3 is 0 Å². The average molecular weight is 236 g/mol. The van der Waals surface area contributed by atoms with Crippen molar-refractivity contribution < 1.29 is 9.63 Å². The van der Waals surface area contributed by atoms with Crippen molar-refractivity contribution in [3.63, 3.8) is 0 Å². The molecule has 0 aliphatic heterocycles. The molecule has 0 amide bonds. The van der Waals surface area contributed by atoms with Crippen molar-refractivity contribution in [1.29, 1.82) is 0 Å². The van der Waals surface area contributed by atoms with Gasteiger partial charge in [0.15, 0.2) is 5.82 Å². The third kappa shape index (κ3) is 2.21. The molecule has 17 heavy (non-hydrogen) atoms. The highest BCUT2D eigenvalue weighted by molar-refractivity contribution is 5.59. The molecule has 0 radical (unpaired) electrons. The first-order chi connectivity index (χ1) is 8.13. The molecule has 1 atom stereocenters. The van der Waals surface area contributed by atoms with Crippen LogP contribution < -0.4 is 0 Å². The van der Waals surface area contributed by atoms with Gasteiger partial charge in [0.05, 0.1) is 23.9 Å². The maximum absolute atomic E-state index is 9.66. The molecule has 0 saturated heterocycles. The van der Waals surface area contributed by atoms with Crippen molar-refractivity contribution in [3.8, 4) is 11.4 Å². The molecule has 0 aliphatic carbocycles. The smallest absolute Gasteiger partial charge is 0.163 e. The molecule has 2 aromatic heterocycles. The number of aliphatic hydroxyl groups excluding tert-OH is 1. The quantitative estimate of drug-likeness (QED) is 0.866. The zero-order chi connectivity index (χ0) is 12.4. The third-order valence-corrected chi connectivity index (χ3v) is 2.73. The van der Waals surface area contributed by atoms with Crippen LogP contribution in [0.4, 0.5) is 0 Å². The van der Waals surface area contributed by atoms with Gasteiger partial charge in [-0.3, -0.25) is 0 Å². The lowest BCUT2D eigenvalue weighted by Crippen LogP contribution is -2.16. The summed E-state index contributed by atoms with van der Waals surface area (Å²) in [5, 5.41) is 17.7. The SMILES string of the molecule is CCC(O)Cn1ncnc1-c1c(C)noc1C. The van der Waals surface area contributed by atoms with Crippen molar-refractivity contribution in [2.45, 2.75) is 39.8 Å². The second-order valence-corrected chi connectivity index (χ2v) is 4.03. The molecule has 0 bridgehead atoms. The normalized spacial score (nSPS) is 12.9. The zero-order valence-corrected chi connectivity index (χ0v) is 10.2. The van der Waals surface area contributed by atoms with E-state index in [-0.39, 0.29) is 0 Å². The lowest BCUT2D eigenvalue weighted by molar-refractivity contribution is 0.146. The summed E-state index contributed by atoms with van der Waals surface area (Å²) in [6, 6.07) is 0. The fraction of sp³-hybridized carbons (Fsp3) is 0.545. The fourth-order valence-electron chi connectivity index (χ4n) is 1.72. The van der Waals surface area contributed by atoms with Gasteiger partial charge in [0.25, 0.3) is 0 Å². The summed E-state index contributed by atoms with van der Waals surface area (Å²) in [6.07, 6.45) is 1.74. The van der Waals surface area contributed by atoms with E-state index in [1.807, 2.05) is 20.8 Å². The van der Waals surface area contributed by atoms with Crippen LogP contribution in [0, 0.1) is 13.8 Å². The number of hydrogen-bond donors (Lipinski definition) is 1. The van der Waals surface area contributed by atoms with Gasteiger partial charge in [0.2, 0.25) is 0 Å². The highest BCUT2D eigenvalue weighted by Crippen LogP contribution is 2.24. The van der Waals surface area contributed by atoms with Crippen LogP contribution in [0.1, 0.15) is 24.8 Å². The van der Waals surface area contributed by atoms with Gasteiger partial charge in [-0.1, -0.05) is 12.1 Å². The van der Waals surface area contributed by atoms with E-state index in [0.717, 1.165) is 11.3 Å². The molecule has 0 fully saturated rings. The van der Waals surface area contributed by atoms with E-state index in [9.17, 15) is 5.11 Å². The van der Waals surface area contributed by atoms with Gasteiger partial charge in [0.1, 0.15) is 12.1 Å². The van der Waals surface area contributed by atoms with Gasteiger partial charge in [-0.15, -0.1) is 0 Å². The van der Waals surface area contributed by atoms with E-state index in [1.54, 1.807) is 4.68 Å². The van der Waals surface area contributed by atoms with Crippen molar-refractivity contribution in [2.24, 2.45) is 0 Å². The van der Waals surface area contributed by atoms with E-state index in [0.29, 0.717) is 24.6 Å². The highest BCUT2D eigenvalue weighted by Gasteiger charge is 2.18. The largest absolute Gasteiger partial charge is 0.391 e. The summed E-state index contributed by atoms with van der Waals surface area (Å²) < 4.78 is 6.79. The topological polar surface area (TPSA) is 77.0 Å². The summed E-state index contributed by atoms with van der Waals surface area (Å²) in [6.45, 7) is 6.05. The minimum absolute atomic E-state index is 0.420. The molecule has 92 valence electrons. The first kappa shape index (κ1) is 11.8. The summed E-state index contributed by atoms with van der Waals surface area (Å²) in [7, 11) is 0. The van der Waals surface area contributed by atoms with Crippen LogP contribution in [0.2, 0.25) is 0 Å². The third-order valence-electron chi connectivity index (χ3n) is 2.73. The van der Waals surface area contributed by atoms with Gasteiger partial charge in [-0.2, -0.15) is 5.10 Å². The van der Waals surface area contributed by atoms with Crippen molar-refractivity contribution in [3.05, 3.63) is 17.8 Å². The predicted octanol–water partition coefficient (Wildman–Crippen LogP) is 1.32. The monoisotopic (exact) mass is 236 g/mol. The molecule has 2 rings (SSSR count). The van der Waals surface area contributed by atoms with E-state index in [1.165, 1.54) is 6.33 Å². The molecule has 1 unspecified atom stereocenters. The number of aryl methyl sites for hydroxylation is 2. The van der Waals surface area contributed by atoms with Gasteiger partial charge in [0, 0.05) is 0 Å². The summed E-state index contributed by atoms with van der Waals surface area (Å²) in [5.41, 5.74) is 1.63. The Kier molecular flexibility index (Phi) is 3.23. The molecule has 6 nitrogen and oxygen atoms in total. The number of hydrogen-bond acceptors (Lipinski definition) is 5. The Hall–Kier alpha value is -1.69. The van der Waals surface area contributed by atoms with Crippen LogP contribution in [0.3, 0.4) is 0 Å². The molecule has 1 N–H and O–H groups in total. The first-order valence-corrected chi connectivity index (χ1v) is 5.62. The van der Waals surface area contributed by atoms with Crippen LogP contribution >= 0.6 is 0 Å². The van der Waals surface area contributed by atoms with Gasteiger partial charge < -0.3 is 9.63 Å². The van der Waals surface area contributed by atoms with Gasteiger partial charge in [-0.25, -0.2) is 9.67 Å². The van der Waals surface area contributed by atoms with Crippen molar-refractivity contribution in [2.75, 3.05) is 0 Å². The molecule has 0 aliphatic rings. The zero-order valence-electron chi connectivity index (χ0n) is 10.2. The van der Waals surface area contributed by atoms with Crippen LogP contribution in [0.25, 0.3) is 11.4 Å². The summed E-state index contributed by atoms with van der Waals surface area (Å²) in [4.78, 5) is 4.21. The minimum atomic E-state index is -0.420. The number of rotatable bonds is 4. The Morgan fingerprint density at radius 2 is 2.24 bits per heavy atom. The lowest BCUT2D eigenvalue weighted by Gasteiger charge is -2.09.